The van der Waals surface area contributed by atoms with E-state index < -0.39 is 23.5 Å². The molecule has 2 amide bonds. The first-order valence-electron chi connectivity index (χ1n) is 13.8. The van der Waals surface area contributed by atoms with E-state index in [2.05, 4.69) is 27.0 Å². The number of rotatable bonds is 10. The predicted octanol–water partition coefficient (Wildman–Crippen LogP) is 6.09. The smallest absolute Gasteiger partial charge is 0.405 e. The molecule has 4 rings (SSSR count). The Hall–Kier alpha value is -5.30. The van der Waals surface area contributed by atoms with E-state index in [-0.39, 0.29) is 17.9 Å². The largest absolute Gasteiger partial charge is 0.465 e. The minimum atomic E-state index is -1.17. The molecule has 1 atom stereocenters. The van der Waals surface area contributed by atoms with Crippen LogP contribution in [0.2, 0.25) is 0 Å². The first-order chi connectivity index (χ1) is 20.6. The van der Waals surface area contributed by atoms with Crippen molar-refractivity contribution in [2.45, 2.75) is 39.8 Å². The molecule has 2 aromatic carbocycles. The van der Waals surface area contributed by atoms with Gasteiger partial charge in [-0.25, -0.2) is 14.2 Å². The molecule has 43 heavy (non-hydrogen) atoms. The zero-order chi connectivity index (χ0) is 31.0. The molecule has 0 saturated carbocycles. The number of hydrogen-bond donors (Lipinski definition) is 4. The Labute approximate surface area is 249 Å². The highest BCUT2D eigenvalue weighted by atomic mass is 19.1. The number of carbonyl (C=O) groups excluding carboxylic acids is 1. The number of halogens is 1. The number of nitrogens with zero attached hydrogens (tertiary/aromatic N) is 3. The molecule has 1 unspecified atom stereocenters. The molecule has 0 saturated heterocycles. The first kappa shape index (κ1) is 30.7. The highest BCUT2D eigenvalue weighted by Gasteiger charge is 2.31. The van der Waals surface area contributed by atoms with E-state index in [4.69, 9.17) is 4.98 Å². The molecule has 0 spiro atoms. The number of aromatic nitrogens is 2. The number of carboxylic acid groups (broad SMARTS) is 1. The molecule has 0 radical (unpaired) electrons. The number of anilines is 1. The van der Waals surface area contributed by atoms with Gasteiger partial charge in [-0.1, -0.05) is 57.2 Å². The Morgan fingerprint density at radius 3 is 2.56 bits per heavy atom. The summed E-state index contributed by atoms with van der Waals surface area (Å²) < 4.78 is 13.7. The Balaban J connectivity index is 1.61. The Morgan fingerprint density at radius 2 is 1.84 bits per heavy atom. The quantitative estimate of drug-likeness (QED) is 0.178. The van der Waals surface area contributed by atoms with Crippen molar-refractivity contribution in [2.24, 2.45) is 5.41 Å². The summed E-state index contributed by atoms with van der Waals surface area (Å²) in [5.41, 5.74) is 3.37. The van der Waals surface area contributed by atoms with Gasteiger partial charge in [0.25, 0.3) is 5.91 Å². The number of hydrogen-bond acceptors (Lipinski definition) is 6. The third-order valence-electron chi connectivity index (χ3n) is 6.83. The summed E-state index contributed by atoms with van der Waals surface area (Å²) in [6.07, 6.45) is 0.910. The van der Waals surface area contributed by atoms with Crippen molar-refractivity contribution in [3.05, 3.63) is 113 Å². The molecule has 0 aliphatic carbocycles. The molecule has 10 heteroatoms. The van der Waals surface area contributed by atoms with Crippen molar-refractivity contribution in [3.63, 3.8) is 0 Å². The van der Waals surface area contributed by atoms with Gasteiger partial charge in [0.2, 0.25) is 0 Å². The zero-order valence-corrected chi connectivity index (χ0v) is 24.2. The molecular formula is C33H33FN6O3. The number of nitriles is 1. The van der Waals surface area contributed by atoms with Gasteiger partial charge in [0.1, 0.15) is 11.6 Å². The lowest BCUT2D eigenvalue weighted by molar-refractivity contribution is 0.0951. The third kappa shape index (κ3) is 7.92. The van der Waals surface area contributed by atoms with Crippen LogP contribution in [0.25, 0.3) is 11.3 Å². The fraction of sp³-hybridized carbons (Fsp3) is 0.242. The van der Waals surface area contributed by atoms with Crippen molar-refractivity contribution in [1.29, 1.82) is 5.26 Å². The number of carbonyl (C=O) groups is 2. The molecule has 4 N–H and O–H groups in total. The summed E-state index contributed by atoms with van der Waals surface area (Å²) in [4.78, 5) is 34.2. The maximum Gasteiger partial charge on any atom is 0.405 e. The van der Waals surface area contributed by atoms with E-state index in [1.807, 2.05) is 32.9 Å². The fourth-order valence-electron chi connectivity index (χ4n) is 4.70. The third-order valence-corrected chi connectivity index (χ3v) is 6.83. The van der Waals surface area contributed by atoms with Gasteiger partial charge in [-0.2, -0.15) is 5.26 Å². The van der Waals surface area contributed by atoms with E-state index in [9.17, 15) is 24.3 Å². The van der Waals surface area contributed by atoms with Crippen LogP contribution in [-0.4, -0.2) is 33.6 Å². The van der Waals surface area contributed by atoms with E-state index in [0.717, 1.165) is 5.56 Å². The molecular weight excluding hydrogens is 547 g/mol. The molecule has 9 nitrogen and oxygen atoms in total. The molecule has 0 fully saturated rings. The lowest BCUT2D eigenvalue weighted by Gasteiger charge is -2.31. The Morgan fingerprint density at radius 1 is 1.05 bits per heavy atom. The number of benzene rings is 2. The van der Waals surface area contributed by atoms with Crippen LogP contribution in [0, 0.1) is 22.6 Å². The molecule has 2 heterocycles. The summed E-state index contributed by atoms with van der Waals surface area (Å²) in [5.74, 6) is -0.423. The average molecular weight is 581 g/mol. The first-order valence-corrected chi connectivity index (χ1v) is 13.8. The second-order valence-corrected chi connectivity index (χ2v) is 11.0. The molecule has 2 aromatic heterocycles. The molecule has 4 aromatic rings. The Bertz CT molecular complexity index is 1660. The van der Waals surface area contributed by atoms with E-state index in [1.54, 1.807) is 54.7 Å². The summed E-state index contributed by atoms with van der Waals surface area (Å²) in [6, 6.07) is 21.8. The number of amides is 2. The van der Waals surface area contributed by atoms with E-state index >= 15 is 0 Å². The van der Waals surface area contributed by atoms with Gasteiger partial charge in [0.05, 0.1) is 34.6 Å². The van der Waals surface area contributed by atoms with Crippen molar-refractivity contribution in [3.8, 4) is 17.3 Å². The second kappa shape index (κ2) is 13.6. The summed E-state index contributed by atoms with van der Waals surface area (Å²) in [6.45, 7) is 6.19. The van der Waals surface area contributed by atoms with Gasteiger partial charge < -0.3 is 21.1 Å². The van der Waals surface area contributed by atoms with Gasteiger partial charge in [-0.15, -0.1) is 0 Å². The predicted molar refractivity (Wildman–Crippen MR) is 162 cm³/mol. The minimum absolute atomic E-state index is 0.0949. The lowest BCUT2D eigenvalue weighted by atomic mass is 9.83. The van der Waals surface area contributed by atoms with Crippen LogP contribution in [0.3, 0.4) is 0 Å². The van der Waals surface area contributed by atoms with Crippen LogP contribution >= 0.6 is 0 Å². The molecule has 0 bridgehead atoms. The standard InChI is InChI=1S/C33H33FN6O3/c1-33(2,3)29(40-32(42)43)28-23(10-7-16-36-28)20-38-31(41)26-13-14-27(25-12-5-4-9-22(25)19-35)39-30(26)37-17-15-21-8-6-11-24(34)18-21/h4-14,16,18,29,40H,15,17,20H2,1-3H3,(H,37,39)(H,38,41)(H,42,43). The Kier molecular flexibility index (Phi) is 9.68. The molecule has 220 valence electrons. The summed E-state index contributed by atoms with van der Waals surface area (Å²) >= 11 is 0. The topological polar surface area (TPSA) is 140 Å². The van der Waals surface area contributed by atoms with Crippen LogP contribution in [0.15, 0.2) is 79.0 Å². The maximum absolute atomic E-state index is 13.7. The number of nitrogens with one attached hydrogen (secondary N) is 3. The lowest BCUT2D eigenvalue weighted by Crippen LogP contribution is -2.37. The van der Waals surface area contributed by atoms with Crippen LogP contribution in [0.1, 0.15) is 59.6 Å². The van der Waals surface area contributed by atoms with Crippen LogP contribution in [-0.2, 0) is 13.0 Å². The van der Waals surface area contributed by atoms with Crippen molar-refractivity contribution >= 4 is 17.8 Å². The SMILES string of the molecule is CC(C)(C)C(NC(=O)O)c1ncccc1CNC(=O)c1ccc(-c2ccccc2C#N)nc1NCCc1cccc(F)c1. The highest BCUT2D eigenvalue weighted by molar-refractivity contribution is 5.99. The zero-order valence-electron chi connectivity index (χ0n) is 24.2. The van der Waals surface area contributed by atoms with Crippen molar-refractivity contribution in [2.75, 3.05) is 11.9 Å². The normalized spacial score (nSPS) is 11.7. The van der Waals surface area contributed by atoms with Gasteiger partial charge >= 0.3 is 6.09 Å². The van der Waals surface area contributed by atoms with Crippen molar-refractivity contribution in [1.82, 2.24) is 20.6 Å². The van der Waals surface area contributed by atoms with Gasteiger partial charge in [0.15, 0.2) is 0 Å². The van der Waals surface area contributed by atoms with Gasteiger partial charge in [-0.05, 0) is 59.4 Å². The fourth-order valence-corrected chi connectivity index (χ4v) is 4.70. The molecule has 0 aliphatic rings. The van der Waals surface area contributed by atoms with Crippen LogP contribution < -0.4 is 16.0 Å². The average Bonchev–Trinajstić information content (AvgIpc) is 2.98. The van der Waals surface area contributed by atoms with Gasteiger partial charge in [0, 0.05) is 24.8 Å². The number of pyridine rings is 2. The van der Waals surface area contributed by atoms with E-state index in [1.165, 1.54) is 12.1 Å². The maximum atomic E-state index is 13.7. The second-order valence-electron chi connectivity index (χ2n) is 11.0. The highest BCUT2D eigenvalue weighted by Crippen LogP contribution is 2.33. The van der Waals surface area contributed by atoms with Gasteiger partial charge in [-0.3, -0.25) is 9.78 Å². The monoisotopic (exact) mass is 580 g/mol. The summed E-state index contributed by atoms with van der Waals surface area (Å²) in [5, 5.41) is 27.7. The minimum Gasteiger partial charge on any atom is -0.465 e. The van der Waals surface area contributed by atoms with E-state index in [0.29, 0.717) is 46.9 Å². The summed E-state index contributed by atoms with van der Waals surface area (Å²) in [7, 11) is 0. The van der Waals surface area contributed by atoms with Crippen LogP contribution in [0.5, 0.6) is 0 Å². The van der Waals surface area contributed by atoms with Crippen molar-refractivity contribution < 1.29 is 19.1 Å². The van der Waals surface area contributed by atoms with Crippen LogP contribution in [0.4, 0.5) is 15.0 Å². The molecule has 0 aliphatic heterocycles.